The molecule has 0 unspecified atom stereocenters. The quantitative estimate of drug-likeness (QED) is 0.514. The minimum absolute atomic E-state index is 0.410. The molecule has 0 aromatic carbocycles. The molecule has 0 aromatic rings. The Labute approximate surface area is 124 Å². The van der Waals surface area contributed by atoms with Crippen LogP contribution in [0.3, 0.4) is 0 Å². The Morgan fingerprint density at radius 2 is 1.85 bits per heavy atom. The van der Waals surface area contributed by atoms with Crippen LogP contribution in [-0.2, 0) is 0 Å². The van der Waals surface area contributed by atoms with Crippen LogP contribution in [0.4, 0.5) is 0 Å². The largest absolute Gasteiger partial charge is 0.0773 e. The summed E-state index contributed by atoms with van der Waals surface area (Å²) in [6, 6.07) is 0. The lowest BCUT2D eigenvalue weighted by molar-refractivity contribution is 0.0245. The molecular formula is C20H30. The normalized spacial score (nSPS) is 52.1. The van der Waals surface area contributed by atoms with Crippen molar-refractivity contribution >= 4 is 0 Å². The lowest BCUT2D eigenvalue weighted by atomic mass is 9.52. The molecular weight excluding hydrogens is 240 g/mol. The van der Waals surface area contributed by atoms with Gasteiger partial charge >= 0.3 is 0 Å². The SMILES string of the molecule is CC1=C2C=C[C@]3(C)CC(C)(C)[C@H]4CC[C@](C)(CCC1)[C@]243. The molecule has 110 valence electrons. The van der Waals surface area contributed by atoms with E-state index < -0.39 is 0 Å². The fourth-order valence-electron chi connectivity index (χ4n) is 7.66. The van der Waals surface area contributed by atoms with Gasteiger partial charge in [0.25, 0.3) is 0 Å². The van der Waals surface area contributed by atoms with Crippen LogP contribution in [0.2, 0.25) is 0 Å². The van der Waals surface area contributed by atoms with E-state index in [2.05, 4.69) is 46.8 Å². The van der Waals surface area contributed by atoms with Crippen LogP contribution in [0.15, 0.2) is 23.3 Å². The highest BCUT2D eigenvalue weighted by atomic mass is 14.8. The van der Waals surface area contributed by atoms with Crippen LogP contribution in [0.25, 0.3) is 0 Å². The standard InChI is InChI=1S/C20H30/c1-14-7-6-10-18(4)12-9-16-17(2,3)13-19(5)11-8-15(14)20(16,18)19/h8,11,16H,6-7,9-10,12-13H2,1-5H3/t16-,18+,19-,20+/m1/s1. The Kier molecular flexibility index (Phi) is 2.27. The summed E-state index contributed by atoms with van der Waals surface area (Å²) in [6.07, 6.45) is 13.6. The third-order valence-corrected chi connectivity index (χ3v) is 7.91. The first-order valence-corrected chi connectivity index (χ1v) is 8.66. The summed E-state index contributed by atoms with van der Waals surface area (Å²) in [7, 11) is 0. The van der Waals surface area contributed by atoms with Crippen molar-refractivity contribution in [3.8, 4) is 0 Å². The van der Waals surface area contributed by atoms with Gasteiger partial charge in [-0.25, -0.2) is 0 Å². The highest BCUT2D eigenvalue weighted by Gasteiger charge is 2.74. The average Bonchev–Trinajstić information content (AvgIpc) is 2.82. The molecule has 0 radical (unpaired) electrons. The second-order valence-corrected chi connectivity index (χ2v) is 9.42. The molecule has 0 heterocycles. The minimum atomic E-state index is 0.410. The fourth-order valence-corrected chi connectivity index (χ4v) is 7.66. The van der Waals surface area contributed by atoms with E-state index in [9.17, 15) is 0 Å². The van der Waals surface area contributed by atoms with E-state index >= 15 is 0 Å². The van der Waals surface area contributed by atoms with Gasteiger partial charge in [-0.05, 0) is 73.2 Å². The first-order valence-electron chi connectivity index (χ1n) is 8.66. The maximum absolute atomic E-state index is 2.64. The molecule has 0 aliphatic heterocycles. The highest BCUT2D eigenvalue weighted by molar-refractivity contribution is 5.50. The maximum atomic E-state index is 2.64. The summed E-state index contributed by atoms with van der Waals surface area (Å²) in [6.45, 7) is 12.7. The predicted octanol–water partition coefficient (Wildman–Crippen LogP) is 5.90. The number of hydrogen-bond donors (Lipinski definition) is 0. The van der Waals surface area contributed by atoms with Gasteiger partial charge in [0, 0.05) is 5.41 Å². The summed E-state index contributed by atoms with van der Waals surface area (Å²) >= 11 is 0. The summed E-state index contributed by atoms with van der Waals surface area (Å²) < 4.78 is 0. The number of allylic oxidation sites excluding steroid dienone is 4. The van der Waals surface area contributed by atoms with Gasteiger partial charge in [0.2, 0.25) is 0 Å². The number of rotatable bonds is 0. The first-order chi connectivity index (χ1) is 9.27. The molecule has 2 fully saturated rings. The molecule has 0 N–H and O–H groups in total. The zero-order valence-corrected chi connectivity index (χ0v) is 14.0. The van der Waals surface area contributed by atoms with E-state index in [0.29, 0.717) is 21.7 Å². The van der Waals surface area contributed by atoms with Crippen LogP contribution in [0, 0.1) is 27.6 Å². The smallest absolute Gasteiger partial charge is 0.0128 e. The highest BCUT2D eigenvalue weighted by Crippen LogP contribution is 2.82. The topological polar surface area (TPSA) is 0 Å². The Hall–Kier alpha value is -0.520. The molecule has 0 aromatic heterocycles. The van der Waals surface area contributed by atoms with Crippen molar-refractivity contribution in [3.63, 3.8) is 0 Å². The van der Waals surface area contributed by atoms with Crippen molar-refractivity contribution in [2.75, 3.05) is 0 Å². The van der Waals surface area contributed by atoms with Gasteiger partial charge in [-0.3, -0.25) is 0 Å². The van der Waals surface area contributed by atoms with Gasteiger partial charge < -0.3 is 0 Å². The Morgan fingerprint density at radius 3 is 2.60 bits per heavy atom. The Bertz CT molecular complexity index is 534. The van der Waals surface area contributed by atoms with Gasteiger partial charge in [-0.1, -0.05) is 45.4 Å². The van der Waals surface area contributed by atoms with Gasteiger partial charge in [0.05, 0.1) is 0 Å². The second-order valence-electron chi connectivity index (χ2n) is 9.42. The molecule has 0 saturated heterocycles. The zero-order chi connectivity index (χ0) is 14.4. The van der Waals surface area contributed by atoms with Gasteiger partial charge in [0.15, 0.2) is 0 Å². The van der Waals surface area contributed by atoms with Crippen LogP contribution < -0.4 is 0 Å². The molecule has 4 aliphatic carbocycles. The van der Waals surface area contributed by atoms with Crippen molar-refractivity contribution in [1.82, 2.24) is 0 Å². The molecule has 0 bridgehead atoms. The first kappa shape index (κ1) is 13.2. The maximum Gasteiger partial charge on any atom is 0.0128 e. The summed E-state index contributed by atoms with van der Waals surface area (Å²) in [5, 5.41) is 0. The van der Waals surface area contributed by atoms with Crippen LogP contribution in [-0.4, -0.2) is 0 Å². The van der Waals surface area contributed by atoms with E-state index in [1.54, 1.807) is 11.1 Å². The van der Waals surface area contributed by atoms with Gasteiger partial charge in [-0.2, -0.15) is 0 Å². The van der Waals surface area contributed by atoms with Crippen LogP contribution in [0.1, 0.15) is 73.1 Å². The third-order valence-electron chi connectivity index (χ3n) is 7.91. The van der Waals surface area contributed by atoms with Crippen molar-refractivity contribution in [3.05, 3.63) is 23.3 Å². The summed E-state index contributed by atoms with van der Waals surface area (Å²) in [4.78, 5) is 0. The summed E-state index contributed by atoms with van der Waals surface area (Å²) in [5.41, 5.74) is 5.40. The third kappa shape index (κ3) is 1.14. The van der Waals surface area contributed by atoms with E-state index in [4.69, 9.17) is 0 Å². The Morgan fingerprint density at radius 1 is 1.10 bits per heavy atom. The molecule has 4 atom stereocenters. The van der Waals surface area contributed by atoms with Crippen LogP contribution in [0.5, 0.6) is 0 Å². The molecule has 4 aliphatic rings. The molecule has 20 heavy (non-hydrogen) atoms. The lowest BCUT2D eigenvalue weighted by Crippen LogP contribution is -2.46. The Balaban J connectivity index is 2.06. The molecule has 0 amide bonds. The van der Waals surface area contributed by atoms with Crippen molar-refractivity contribution < 1.29 is 0 Å². The van der Waals surface area contributed by atoms with E-state index in [-0.39, 0.29) is 0 Å². The van der Waals surface area contributed by atoms with Gasteiger partial charge in [-0.15, -0.1) is 0 Å². The molecule has 4 rings (SSSR count). The molecule has 1 spiro atoms. The van der Waals surface area contributed by atoms with Crippen molar-refractivity contribution in [1.29, 1.82) is 0 Å². The second kappa shape index (κ2) is 3.45. The molecule has 0 nitrogen and oxygen atoms in total. The summed E-state index contributed by atoms with van der Waals surface area (Å²) in [5.74, 6) is 0.892. The average molecular weight is 270 g/mol. The van der Waals surface area contributed by atoms with Crippen LogP contribution >= 0.6 is 0 Å². The predicted molar refractivity (Wildman–Crippen MR) is 85.5 cm³/mol. The van der Waals surface area contributed by atoms with Gasteiger partial charge in [0.1, 0.15) is 0 Å². The van der Waals surface area contributed by atoms with E-state index in [1.165, 1.54) is 38.5 Å². The lowest BCUT2D eigenvalue weighted by Gasteiger charge is -2.51. The number of hydrogen-bond acceptors (Lipinski definition) is 0. The molecule has 0 heteroatoms. The van der Waals surface area contributed by atoms with E-state index in [1.807, 2.05) is 0 Å². The molecule has 2 saturated carbocycles. The minimum Gasteiger partial charge on any atom is -0.0773 e. The van der Waals surface area contributed by atoms with Crippen molar-refractivity contribution in [2.24, 2.45) is 27.6 Å². The van der Waals surface area contributed by atoms with Crippen molar-refractivity contribution in [2.45, 2.75) is 73.1 Å². The monoisotopic (exact) mass is 270 g/mol. The fraction of sp³-hybridized carbons (Fsp3) is 0.800. The zero-order valence-electron chi connectivity index (χ0n) is 14.0. The van der Waals surface area contributed by atoms with E-state index in [0.717, 1.165) is 5.92 Å².